The third-order valence-electron chi connectivity index (χ3n) is 5.17. The number of para-hydroxylation sites is 2. The summed E-state index contributed by atoms with van der Waals surface area (Å²) in [4.78, 5) is 20.4. The molecule has 0 aliphatic carbocycles. The molecule has 1 unspecified atom stereocenters. The molecule has 2 amide bonds. The molecule has 0 aromatic heterocycles. The first-order valence-electron chi connectivity index (χ1n) is 10.3. The van der Waals surface area contributed by atoms with Gasteiger partial charge in [-0.3, -0.25) is 0 Å². The second-order valence-corrected chi connectivity index (χ2v) is 7.47. The van der Waals surface area contributed by atoms with Crippen molar-refractivity contribution < 1.29 is 18.8 Å². The number of methoxy groups -OCH3 is 1. The quantitative estimate of drug-likeness (QED) is 0.566. The molecule has 3 aromatic rings. The number of carbonyl (C=O) groups is 1. The van der Waals surface area contributed by atoms with E-state index in [0.29, 0.717) is 25.2 Å². The van der Waals surface area contributed by atoms with Gasteiger partial charge in [0.1, 0.15) is 11.6 Å². The summed E-state index contributed by atoms with van der Waals surface area (Å²) in [5.74, 6) is 0.406. The number of halogens is 1. The van der Waals surface area contributed by atoms with E-state index in [1.54, 1.807) is 24.1 Å². The lowest BCUT2D eigenvalue weighted by atomic mass is 10.0. The third-order valence-corrected chi connectivity index (χ3v) is 5.17. The van der Waals surface area contributed by atoms with Crippen LogP contribution in [-0.4, -0.2) is 36.4 Å². The van der Waals surface area contributed by atoms with E-state index in [4.69, 9.17) is 9.57 Å². The molecule has 0 saturated heterocycles. The van der Waals surface area contributed by atoms with E-state index in [0.717, 1.165) is 22.6 Å². The molecule has 1 N–H and O–H groups in total. The highest BCUT2D eigenvalue weighted by atomic mass is 19.1. The molecule has 0 saturated carbocycles. The van der Waals surface area contributed by atoms with E-state index in [1.165, 1.54) is 12.1 Å². The Morgan fingerprint density at radius 1 is 1.09 bits per heavy atom. The normalized spacial score (nSPS) is 14.9. The van der Waals surface area contributed by atoms with Crippen molar-refractivity contribution in [2.24, 2.45) is 5.16 Å². The Morgan fingerprint density at radius 2 is 1.81 bits per heavy atom. The Morgan fingerprint density at radius 3 is 2.56 bits per heavy atom. The van der Waals surface area contributed by atoms with Crippen LogP contribution in [0.15, 0.2) is 84.0 Å². The van der Waals surface area contributed by atoms with Crippen LogP contribution in [-0.2, 0) is 11.4 Å². The van der Waals surface area contributed by atoms with Crippen molar-refractivity contribution in [2.45, 2.75) is 19.1 Å². The Labute approximate surface area is 186 Å². The molecule has 7 heteroatoms. The highest BCUT2D eigenvalue weighted by molar-refractivity contribution is 6.03. The average Bonchev–Trinajstić information content (AvgIpc) is 3.29. The summed E-state index contributed by atoms with van der Waals surface area (Å²) in [7, 11) is 1.62. The summed E-state index contributed by atoms with van der Waals surface area (Å²) in [5.41, 5.74) is 3.16. The largest absolute Gasteiger partial charge is 0.496 e. The maximum absolute atomic E-state index is 13.3. The van der Waals surface area contributed by atoms with Gasteiger partial charge in [0.25, 0.3) is 0 Å². The predicted octanol–water partition coefficient (Wildman–Crippen LogP) is 5.06. The van der Waals surface area contributed by atoms with Gasteiger partial charge in [-0.15, -0.1) is 0 Å². The number of carbonyl (C=O) groups excluding carboxylic acids is 1. The Hall–Kier alpha value is -3.87. The molecule has 0 bridgehead atoms. The number of oxime groups is 1. The van der Waals surface area contributed by atoms with Crippen molar-refractivity contribution in [3.8, 4) is 5.75 Å². The maximum atomic E-state index is 13.3. The fourth-order valence-corrected chi connectivity index (χ4v) is 3.57. The van der Waals surface area contributed by atoms with E-state index in [2.05, 4.69) is 10.5 Å². The lowest BCUT2D eigenvalue weighted by Crippen LogP contribution is -2.40. The van der Waals surface area contributed by atoms with Crippen LogP contribution in [0.4, 0.5) is 14.9 Å². The summed E-state index contributed by atoms with van der Waals surface area (Å²) < 4.78 is 18.8. The van der Waals surface area contributed by atoms with Gasteiger partial charge in [0.2, 0.25) is 0 Å². The summed E-state index contributed by atoms with van der Waals surface area (Å²) in [6.45, 7) is 0.626. The van der Waals surface area contributed by atoms with Gasteiger partial charge in [0, 0.05) is 24.2 Å². The molecule has 3 aromatic carbocycles. The minimum Gasteiger partial charge on any atom is -0.496 e. The summed E-state index contributed by atoms with van der Waals surface area (Å²) in [6, 6.07) is 22.7. The van der Waals surface area contributed by atoms with Gasteiger partial charge in [-0.05, 0) is 42.0 Å². The fourth-order valence-electron chi connectivity index (χ4n) is 3.57. The minimum absolute atomic E-state index is 0.269. The number of nitrogens with zero attached hydrogens (tertiary/aromatic N) is 2. The molecule has 1 aliphatic rings. The number of urea groups is 1. The minimum atomic E-state index is -0.317. The van der Waals surface area contributed by atoms with Gasteiger partial charge in [-0.25, -0.2) is 9.18 Å². The zero-order valence-electron chi connectivity index (χ0n) is 17.7. The first-order chi connectivity index (χ1) is 15.6. The second kappa shape index (κ2) is 9.96. The zero-order valence-corrected chi connectivity index (χ0v) is 17.7. The standard InChI is InChI=1S/C25H24FN3O3/c1-31-24-10-6-5-9-22(24)23-15-21(32-28-23)17-29(16-18-11-13-19(26)14-12-18)25(30)27-20-7-3-2-4-8-20/h2-14,21H,15-17H2,1H3,(H,27,30). The van der Waals surface area contributed by atoms with E-state index < -0.39 is 0 Å². The first kappa shape index (κ1) is 21.4. The topological polar surface area (TPSA) is 63.2 Å². The van der Waals surface area contributed by atoms with Gasteiger partial charge in [0.15, 0.2) is 6.10 Å². The van der Waals surface area contributed by atoms with Crippen LogP contribution >= 0.6 is 0 Å². The van der Waals surface area contributed by atoms with Crippen LogP contribution in [0.5, 0.6) is 5.75 Å². The Kier molecular flexibility index (Phi) is 6.65. The number of benzene rings is 3. The number of ether oxygens (including phenoxy) is 1. The first-order valence-corrected chi connectivity index (χ1v) is 10.3. The zero-order chi connectivity index (χ0) is 22.3. The predicted molar refractivity (Wildman–Crippen MR) is 121 cm³/mol. The average molecular weight is 433 g/mol. The molecule has 6 nitrogen and oxygen atoms in total. The van der Waals surface area contributed by atoms with Crippen molar-refractivity contribution in [1.82, 2.24) is 4.90 Å². The van der Waals surface area contributed by atoms with Crippen LogP contribution < -0.4 is 10.1 Å². The molecule has 0 radical (unpaired) electrons. The lowest BCUT2D eigenvalue weighted by Gasteiger charge is -2.25. The number of hydrogen-bond acceptors (Lipinski definition) is 4. The van der Waals surface area contributed by atoms with Crippen LogP contribution in [0.25, 0.3) is 0 Å². The van der Waals surface area contributed by atoms with Gasteiger partial charge in [0.05, 0.1) is 19.4 Å². The van der Waals surface area contributed by atoms with Crippen molar-refractivity contribution in [2.75, 3.05) is 19.0 Å². The summed E-state index contributed by atoms with van der Waals surface area (Å²) in [5, 5.41) is 7.15. The SMILES string of the molecule is COc1ccccc1C1=NOC(CN(Cc2ccc(F)cc2)C(=O)Nc2ccccc2)C1. The monoisotopic (exact) mass is 433 g/mol. The molecule has 1 aliphatic heterocycles. The molecular formula is C25H24FN3O3. The number of hydrogen-bond donors (Lipinski definition) is 1. The van der Waals surface area contributed by atoms with E-state index in [1.807, 2.05) is 54.6 Å². The van der Waals surface area contributed by atoms with Crippen molar-refractivity contribution in [1.29, 1.82) is 0 Å². The van der Waals surface area contributed by atoms with E-state index in [9.17, 15) is 9.18 Å². The molecule has 0 fully saturated rings. The number of nitrogens with one attached hydrogen (secondary N) is 1. The van der Waals surface area contributed by atoms with Crippen molar-refractivity contribution in [3.63, 3.8) is 0 Å². The number of anilines is 1. The van der Waals surface area contributed by atoms with Gasteiger partial charge >= 0.3 is 6.03 Å². The second-order valence-electron chi connectivity index (χ2n) is 7.47. The van der Waals surface area contributed by atoms with Crippen molar-refractivity contribution in [3.05, 3.63) is 95.8 Å². The molecule has 1 atom stereocenters. The molecule has 4 rings (SSSR count). The van der Waals surface area contributed by atoms with Gasteiger partial charge in [-0.2, -0.15) is 0 Å². The lowest BCUT2D eigenvalue weighted by molar-refractivity contribution is 0.0608. The van der Waals surface area contributed by atoms with Crippen LogP contribution in [0, 0.1) is 5.82 Å². The number of rotatable bonds is 7. The molecule has 32 heavy (non-hydrogen) atoms. The van der Waals surface area contributed by atoms with Crippen LogP contribution in [0.2, 0.25) is 0 Å². The molecular weight excluding hydrogens is 409 g/mol. The fraction of sp³-hybridized carbons (Fsp3) is 0.200. The number of amides is 2. The van der Waals surface area contributed by atoms with E-state index >= 15 is 0 Å². The van der Waals surface area contributed by atoms with Crippen LogP contribution in [0.3, 0.4) is 0 Å². The smallest absolute Gasteiger partial charge is 0.322 e. The molecule has 0 spiro atoms. The molecule has 1 heterocycles. The summed E-state index contributed by atoms with van der Waals surface area (Å²) >= 11 is 0. The Bertz CT molecular complexity index is 1090. The van der Waals surface area contributed by atoms with Gasteiger partial charge in [-0.1, -0.05) is 47.6 Å². The third kappa shape index (κ3) is 5.24. The maximum Gasteiger partial charge on any atom is 0.322 e. The van der Waals surface area contributed by atoms with E-state index in [-0.39, 0.29) is 18.0 Å². The Balaban J connectivity index is 1.47. The highest BCUT2D eigenvalue weighted by Crippen LogP contribution is 2.25. The summed E-state index contributed by atoms with van der Waals surface area (Å²) in [6.07, 6.45) is 0.232. The molecule has 164 valence electrons. The highest BCUT2D eigenvalue weighted by Gasteiger charge is 2.28. The van der Waals surface area contributed by atoms with Crippen molar-refractivity contribution >= 4 is 17.4 Å². The van der Waals surface area contributed by atoms with Gasteiger partial charge < -0.3 is 19.8 Å². The van der Waals surface area contributed by atoms with Crippen LogP contribution in [0.1, 0.15) is 17.5 Å².